The van der Waals surface area contributed by atoms with Gasteiger partial charge in [0.2, 0.25) is 5.91 Å². The van der Waals surface area contributed by atoms with Gasteiger partial charge in [0.25, 0.3) is 0 Å². The van der Waals surface area contributed by atoms with Crippen LogP contribution in [0.4, 0.5) is 0 Å². The maximum absolute atomic E-state index is 14.1. The molecule has 1 aromatic carbocycles. The number of benzene rings is 1. The first-order valence-electron chi connectivity index (χ1n) is 21.5. The molecule has 5 fully saturated rings. The van der Waals surface area contributed by atoms with Crippen LogP contribution in [0.15, 0.2) is 41.5 Å². The standard InChI is InChI=1S/C48H69NO6/c1-28(2)38-33(50)26-48(27-37(51)49-44(7,8)29-15-13-12-14-16-29)24-23-46(10)30(39(38)48)17-18-35-45(9)21-20-36(43(5,6)34(45)19-22-47(35,46)11)55-41(54)32-25-31(40(52)53)42(32,3)4/h12-16,28,30-32,34-36H,17-27H2,1-11H3,(H,49,51)(H,52,53)/t30-,31-,32+,34+,35-,36+,45+,46-,47-,48+/m1/s1. The molecule has 0 saturated heterocycles. The lowest BCUT2D eigenvalue weighted by Gasteiger charge is -2.72. The summed E-state index contributed by atoms with van der Waals surface area (Å²) in [6.45, 7) is 24.6. The number of amides is 1. The van der Waals surface area contributed by atoms with Gasteiger partial charge in [0.15, 0.2) is 5.78 Å². The fraction of sp³-hybridized carbons (Fsp3) is 0.750. The number of Topliss-reactive ketones (excluding diaryl/α,β-unsaturated/α-hetero) is 1. The van der Waals surface area contributed by atoms with Crippen molar-refractivity contribution in [2.24, 2.45) is 68.0 Å². The van der Waals surface area contributed by atoms with E-state index in [9.17, 15) is 24.3 Å². The number of esters is 1. The number of nitrogens with one attached hydrogen (secondary N) is 1. The fourth-order valence-corrected chi connectivity index (χ4v) is 14.7. The van der Waals surface area contributed by atoms with E-state index in [4.69, 9.17) is 4.74 Å². The van der Waals surface area contributed by atoms with Gasteiger partial charge in [-0.3, -0.25) is 19.2 Å². The first kappa shape index (κ1) is 40.2. The Labute approximate surface area is 330 Å². The fourth-order valence-electron chi connectivity index (χ4n) is 14.7. The highest BCUT2D eigenvalue weighted by molar-refractivity contribution is 6.01. The lowest BCUT2D eigenvalue weighted by atomic mass is 9.33. The third-order valence-corrected chi connectivity index (χ3v) is 18.1. The maximum Gasteiger partial charge on any atom is 0.309 e. The van der Waals surface area contributed by atoms with E-state index in [0.29, 0.717) is 31.1 Å². The summed E-state index contributed by atoms with van der Waals surface area (Å²) in [6, 6.07) is 10.1. The van der Waals surface area contributed by atoms with Crippen LogP contribution in [0.3, 0.4) is 0 Å². The molecule has 7 nitrogen and oxygen atoms in total. The molecule has 1 aromatic rings. The molecule has 302 valence electrons. The smallest absolute Gasteiger partial charge is 0.309 e. The summed E-state index contributed by atoms with van der Waals surface area (Å²) in [6.07, 6.45) is 8.99. The summed E-state index contributed by atoms with van der Waals surface area (Å²) in [7, 11) is 0. The zero-order valence-corrected chi connectivity index (χ0v) is 35.7. The second-order valence-electron chi connectivity index (χ2n) is 22.0. The molecule has 2 N–H and O–H groups in total. The zero-order valence-electron chi connectivity index (χ0n) is 35.7. The highest BCUT2D eigenvalue weighted by Gasteiger charge is 2.70. The Balaban J connectivity index is 1.14. The van der Waals surface area contributed by atoms with Gasteiger partial charge in [-0.1, -0.05) is 98.2 Å². The van der Waals surface area contributed by atoms with E-state index in [2.05, 4.69) is 79.8 Å². The highest BCUT2D eigenvalue weighted by atomic mass is 16.5. The van der Waals surface area contributed by atoms with Crippen LogP contribution < -0.4 is 5.32 Å². The first-order valence-corrected chi connectivity index (χ1v) is 21.5. The minimum Gasteiger partial charge on any atom is -0.481 e. The molecule has 0 aliphatic heterocycles. The Hall–Kier alpha value is -2.96. The summed E-state index contributed by atoms with van der Waals surface area (Å²) in [4.78, 5) is 53.7. The average Bonchev–Trinajstić information content (AvgIpc) is 3.37. The van der Waals surface area contributed by atoms with Crippen molar-refractivity contribution in [2.45, 2.75) is 158 Å². The van der Waals surface area contributed by atoms with Crippen molar-refractivity contribution in [1.82, 2.24) is 5.32 Å². The highest BCUT2D eigenvalue weighted by Crippen LogP contribution is 2.77. The number of allylic oxidation sites excluding steroid dienone is 2. The number of carboxylic acids is 1. The lowest BCUT2D eigenvalue weighted by molar-refractivity contribution is -0.236. The van der Waals surface area contributed by atoms with Crippen molar-refractivity contribution in [1.29, 1.82) is 0 Å². The molecular weight excluding hydrogens is 687 g/mol. The second kappa shape index (κ2) is 13.0. The molecule has 1 amide bonds. The van der Waals surface area contributed by atoms with Gasteiger partial charge in [-0.05, 0) is 128 Å². The van der Waals surface area contributed by atoms with Crippen LogP contribution in [-0.4, -0.2) is 34.8 Å². The number of ketones is 1. The Morgan fingerprint density at radius 2 is 1.51 bits per heavy atom. The van der Waals surface area contributed by atoms with Crippen LogP contribution in [0.2, 0.25) is 0 Å². The van der Waals surface area contributed by atoms with E-state index in [-0.39, 0.29) is 63.2 Å². The number of aliphatic carboxylic acids is 1. The number of carbonyl (C=O) groups is 4. The van der Waals surface area contributed by atoms with Crippen molar-refractivity contribution in [2.75, 3.05) is 0 Å². The maximum atomic E-state index is 14.1. The molecule has 0 spiro atoms. The van der Waals surface area contributed by atoms with Crippen LogP contribution in [0.1, 0.15) is 152 Å². The van der Waals surface area contributed by atoms with E-state index in [1.165, 1.54) is 5.57 Å². The van der Waals surface area contributed by atoms with E-state index in [0.717, 1.165) is 62.5 Å². The van der Waals surface area contributed by atoms with Crippen molar-refractivity contribution in [3.05, 3.63) is 47.0 Å². The van der Waals surface area contributed by atoms with Crippen molar-refractivity contribution >= 4 is 23.6 Å². The summed E-state index contributed by atoms with van der Waals surface area (Å²) in [5, 5.41) is 13.0. The molecular formula is C48H69NO6. The van der Waals surface area contributed by atoms with E-state index < -0.39 is 28.3 Å². The van der Waals surface area contributed by atoms with Gasteiger partial charge < -0.3 is 15.2 Å². The van der Waals surface area contributed by atoms with E-state index >= 15 is 0 Å². The number of fused-ring (bicyclic) bond motifs is 7. The lowest BCUT2D eigenvalue weighted by Crippen LogP contribution is -2.66. The Morgan fingerprint density at radius 3 is 2.13 bits per heavy atom. The Bertz CT molecular complexity index is 1790. The molecule has 6 aliphatic rings. The molecule has 10 atom stereocenters. The molecule has 7 rings (SSSR count). The van der Waals surface area contributed by atoms with E-state index in [1.54, 1.807) is 0 Å². The van der Waals surface area contributed by atoms with Gasteiger partial charge in [-0.2, -0.15) is 0 Å². The third-order valence-electron chi connectivity index (χ3n) is 18.1. The molecule has 5 saturated carbocycles. The van der Waals surface area contributed by atoms with Crippen LogP contribution in [0.25, 0.3) is 0 Å². The zero-order chi connectivity index (χ0) is 40.3. The third kappa shape index (κ3) is 5.83. The summed E-state index contributed by atoms with van der Waals surface area (Å²) in [5.41, 5.74) is 1.79. The summed E-state index contributed by atoms with van der Waals surface area (Å²) >= 11 is 0. The predicted octanol–water partition coefficient (Wildman–Crippen LogP) is 10.1. The normalized spacial score (nSPS) is 40.3. The molecule has 0 radical (unpaired) electrons. The van der Waals surface area contributed by atoms with Crippen LogP contribution in [0, 0.1) is 68.0 Å². The SMILES string of the molecule is CC(C)C1=C2[C@H]3CC[C@@H]4[C@@]5(C)CC[C@H](OC(=O)[C@@H]6C[C@H](C(=O)O)C6(C)C)C(C)(C)[C@@H]5CC[C@@]4(C)[C@]3(C)CC[C@@]2(CC(=O)NC(C)(C)c2ccccc2)CC1=O. The molecule has 6 aliphatic carbocycles. The molecule has 7 heteroatoms. The van der Waals surface area contributed by atoms with Crippen molar-refractivity contribution in [3.63, 3.8) is 0 Å². The number of carbonyl (C=O) groups excluding carboxylic acids is 3. The second-order valence-corrected chi connectivity index (χ2v) is 22.0. The van der Waals surface area contributed by atoms with E-state index in [1.807, 2.05) is 32.0 Å². The van der Waals surface area contributed by atoms with Crippen molar-refractivity contribution in [3.8, 4) is 0 Å². The number of carboxylic acid groups (broad SMARTS) is 1. The largest absolute Gasteiger partial charge is 0.481 e. The van der Waals surface area contributed by atoms with Gasteiger partial charge in [0, 0.05) is 23.7 Å². The molecule has 0 bridgehead atoms. The van der Waals surface area contributed by atoms with Gasteiger partial charge in [-0.25, -0.2) is 0 Å². The number of ether oxygens (including phenoxy) is 1. The molecule has 0 aromatic heterocycles. The Morgan fingerprint density at radius 1 is 0.836 bits per heavy atom. The van der Waals surface area contributed by atoms with Crippen LogP contribution in [-0.2, 0) is 29.5 Å². The predicted molar refractivity (Wildman–Crippen MR) is 215 cm³/mol. The Kier molecular flexibility index (Phi) is 9.53. The average molecular weight is 756 g/mol. The molecule has 0 unspecified atom stereocenters. The molecule has 0 heterocycles. The monoisotopic (exact) mass is 756 g/mol. The minimum absolute atomic E-state index is 0.00276. The van der Waals surface area contributed by atoms with Gasteiger partial charge in [0.1, 0.15) is 6.10 Å². The first-order chi connectivity index (χ1) is 25.5. The van der Waals surface area contributed by atoms with Gasteiger partial charge in [-0.15, -0.1) is 0 Å². The number of hydrogen-bond donors (Lipinski definition) is 2. The summed E-state index contributed by atoms with van der Waals surface area (Å²) in [5.74, 6) is -0.372. The topological polar surface area (TPSA) is 110 Å². The number of hydrogen-bond acceptors (Lipinski definition) is 5. The van der Waals surface area contributed by atoms with Crippen LogP contribution >= 0.6 is 0 Å². The molecule has 55 heavy (non-hydrogen) atoms. The minimum atomic E-state index is -0.829. The van der Waals surface area contributed by atoms with Gasteiger partial charge >= 0.3 is 11.9 Å². The number of rotatable bonds is 8. The van der Waals surface area contributed by atoms with Crippen LogP contribution in [0.5, 0.6) is 0 Å². The van der Waals surface area contributed by atoms with Gasteiger partial charge in [0.05, 0.1) is 17.4 Å². The van der Waals surface area contributed by atoms with Crippen molar-refractivity contribution < 1.29 is 29.0 Å². The quantitative estimate of drug-likeness (QED) is 0.256. The summed E-state index contributed by atoms with van der Waals surface area (Å²) < 4.78 is 6.42.